The molecule has 0 aliphatic rings. The van der Waals surface area contributed by atoms with Crippen LogP contribution in [0, 0.1) is 0 Å². The van der Waals surface area contributed by atoms with Gasteiger partial charge in [-0.2, -0.15) is 4.99 Å². The first-order valence-corrected chi connectivity index (χ1v) is 10.4. The van der Waals surface area contributed by atoms with E-state index in [4.69, 9.17) is 21.1 Å². The minimum absolute atomic E-state index is 0.0908. The fourth-order valence-corrected chi connectivity index (χ4v) is 4.10. The number of benzene rings is 2. The van der Waals surface area contributed by atoms with Crippen LogP contribution in [-0.4, -0.2) is 30.2 Å². The Morgan fingerprint density at radius 3 is 2.76 bits per heavy atom. The predicted octanol–water partition coefficient (Wildman–Crippen LogP) is 4.45. The van der Waals surface area contributed by atoms with Crippen LogP contribution in [0.25, 0.3) is 10.2 Å². The molecule has 0 N–H and O–H groups in total. The number of hydrogen-bond donors (Lipinski definition) is 0. The normalized spacial score (nSPS) is 11.6. The number of para-hydroxylation sites is 1. The first kappa shape index (κ1) is 21.1. The van der Waals surface area contributed by atoms with Crippen LogP contribution in [-0.2, 0) is 16.1 Å². The molecule has 8 heteroatoms. The summed E-state index contributed by atoms with van der Waals surface area (Å²) in [6.07, 6.45) is 1.97. The number of halogens is 1. The van der Waals surface area contributed by atoms with Crippen molar-refractivity contribution in [2.75, 3.05) is 13.7 Å². The second kappa shape index (κ2) is 9.71. The fourth-order valence-electron chi connectivity index (χ4n) is 2.72. The van der Waals surface area contributed by atoms with Crippen LogP contribution in [0.2, 0.25) is 5.02 Å². The molecule has 0 unspecified atom stereocenters. The third-order valence-electron chi connectivity index (χ3n) is 4.21. The highest BCUT2D eigenvalue weighted by atomic mass is 35.5. The van der Waals surface area contributed by atoms with Gasteiger partial charge >= 0.3 is 5.97 Å². The third-order valence-corrected chi connectivity index (χ3v) is 5.56. The summed E-state index contributed by atoms with van der Waals surface area (Å²) in [5.74, 6) is -0.251. The molecule has 152 valence electrons. The van der Waals surface area contributed by atoms with Crippen molar-refractivity contribution in [3.05, 3.63) is 57.9 Å². The standard InChI is InChI=1S/C21H21ClN2O4S/c1-3-4-11-28-15-8-5-7-14(12-15)20(26)23-21-24(13-18(25)27-2)19-16(22)9-6-10-17(19)29-21/h5-10,12H,3-4,11,13H2,1-2H3. The molecule has 0 atom stereocenters. The van der Waals surface area contributed by atoms with E-state index >= 15 is 0 Å². The molecule has 6 nitrogen and oxygen atoms in total. The Morgan fingerprint density at radius 2 is 2.00 bits per heavy atom. The number of unbranched alkanes of at least 4 members (excludes halogenated alkanes) is 1. The Balaban J connectivity index is 2.00. The minimum Gasteiger partial charge on any atom is -0.494 e. The van der Waals surface area contributed by atoms with E-state index < -0.39 is 11.9 Å². The summed E-state index contributed by atoms with van der Waals surface area (Å²) in [6.45, 7) is 2.59. The van der Waals surface area contributed by atoms with Crippen LogP contribution >= 0.6 is 22.9 Å². The molecule has 0 fully saturated rings. The topological polar surface area (TPSA) is 69.9 Å². The molecule has 1 amide bonds. The Labute approximate surface area is 177 Å². The van der Waals surface area contributed by atoms with Gasteiger partial charge in [-0.1, -0.05) is 48.4 Å². The maximum atomic E-state index is 12.8. The molecule has 1 heterocycles. The van der Waals surface area contributed by atoms with E-state index in [1.807, 2.05) is 18.2 Å². The van der Waals surface area contributed by atoms with Crippen LogP contribution in [0.3, 0.4) is 0 Å². The number of ether oxygens (including phenoxy) is 2. The van der Waals surface area contributed by atoms with Gasteiger partial charge in [-0.15, -0.1) is 0 Å². The van der Waals surface area contributed by atoms with Crippen molar-refractivity contribution in [3.63, 3.8) is 0 Å². The zero-order chi connectivity index (χ0) is 20.8. The Bertz CT molecular complexity index is 1100. The van der Waals surface area contributed by atoms with Gasteiger partial charge in [-0.3, -0.25) is 9.59 Å². The molecule has 0 radical (unpaired) electrons. The number of amides is 1. The van der Waals surface area contributed by atoms with Crippen molar-refractivity contribution in [2.24, 2.45) is 4.99 Å². The molecule has 0 saturated carbocycles. The van der Waals surface area contributed by atoms with Crippen LogP contribution in [0.4, 0.5) is 0 Å². The second-order valence-corrected chi connectivity index (χ2v) is 7.70. The molecule has 1 aromatic heterocycles. The molecule has 3 aromatic rings. The maximum Gasteiger partial charge on any atom is 0.325 e. The van der Waals surface area contributed by atoms with Gasteiger partial charge in [0.15, 0.2) is 4.80 Å². The number of fused-ring (bicyclic) bond motifs is 1. The van der Waals surface area contributed by atoms with Gasteiger partial charge < -0.3 is 14.0 Å². The van der Waals surface area contributed by atoms with Crippen molar-refractivity contribution in [1.82, 2.24) is 4.57 Å². The maximum absolute atomic E-state index is 12.8. The molecule has 0 saturated heterocycles. The quantitative estimate of drug-likeness (QED) is 0.408. The number of esters is 1. The Kier molecular flexibility index (Phi) is 7.06. The molecule has 3 rings (SSSR count). The van der Waals surface area contributed by atoms with Gasteiger partial charge in [-0.25, -0.2) is 0 Å². The fraction of sp³-hybridized carbons (Fsp3) is 0.286. The molecule has 0 aliphatic heterocycles. The first-order chi connectivity index (χ1) is 14.0. The molecule has 0 bridgehead atoms. The lowest BCUT2D eigenvalue weighted by molar-refractivity contribution is -0.141. The average molecular weight is 433 g/mol. The van der Waals surface area contributed by atoms with E-state index in [0.29, 0.717) is 33.3 Å². The van der Waals surface area contributed by atoms with Crippen LogP contribution in [0.5, 0.6) is 5.75 Å². The lowest BCUT2D eigenvalue weighted by atomic mass is 10.2. The Morgan fingerprint density at radius 1 is 1.21 bits per heavy atom. The summed E-state index contributed by atoms with van der Waals surface area (Å²) in [7, 11) is 1.31. The highest BCUT2D eigenvalue weighted by Gasteiger charge is 2.15. The summed E-state index contributed by atoms with van der Waals surface area (Å²) in [6, 6.07) is 12.3. The van der Waals surface area contributed by atoms with Crippen molar-refractivity contribution >= 4 is 45.0 Å². The number of thiazole rings is 1. The third kappa shape index (κ3) is 5.05. The molecular formula is C21H21ClN2O4S. The molecule has 0 spiro atoms. The van der Waals surface area contributed by atoms with Crippen LogP contribution in [0.1, 0.15) is 30.1 Å². The zero-order valence-electron chi connectivity index (χ0n) is 16.2. The van der Waals surface area contributed by atoms with Gasteiger partial charge in [0, 0.05) is 5.56 Å². The van der Waals surface area contributed by atoms with Crippen molar-refractivity contribution < 1.29 is 19.1 Å². The van der Waals surface area contributed by atoms with E-state index in [2.05, 4.69) is 11.9 Å². The number of rotatable bonds is 7. The monoisotopic (exact) mass is 432 g/mol. The largest absolute Gasteiger partial charge is 0.494 e. The van der Waals surface area contributed by atoms with Gasteiger partial charge in [0.1, 0.15) is 12.3 Å². The van der Waals surface area contributed by atoms with Crippen LogP contribution < -0.4 is 9.54 Å². The van der Waals surface area contributed by atoms with E-state index in [1.54, 1.807) is 28.8 Å². The van der Waals surface area contributed by atoms with E-state index in [9.17, 15) is 9.59 Å². The number of carbonyl (C=O) groups excluding carboxylic acids is 2. The Hall–Kier alpha value is -2.64. The second-order valence-electron chi connectivity index (χ2n) is 6.28. The first-order valence-electron chi connectivity index (χ1n) is 9.20. The summed E-state index contributed by atoms with van der Waals surface area (Å²) in [5.41, 5.74) is 1.06. The van der Waals surface area contributed by atoms with Crippen molar-refractivity contribution in [3.8, 4) is 5.75 Å². The highest BCUT2D eigenvalue weighted by Crippen LogP contribution is 2.25. The summed E-state index contributed by atoms with van der Waals surface area (Å²) in [5, 5.41) is 0.475. The zero-order valence-corrected chi connectivity index (χ0v) is 17.8. The van der Waals surface area contributed by atoms with Gasteiger partial charge in [-0.05, 0) is 36.8 Å². The number of hydrogen-bond acceptors (Lipinski definition) is 5. The van der Waals surface area contributed by atoms with Crippen molar-refractivity contribution in [1.29, 1.82) is 0 Å². The highest BCUT2D eigenvalue weighted by molar-refractivity contribution is 7.16. The summed E-state index contributed by atoms with van der Waals surface area (Å²) in [4.78, 5) is 29.3. The van der Waals surface area contributed by atoms with Gasteiger partial charge in [0.05, 0.1) is 29.0 Å². The van der Waals surface area contributed by atoms with Gasteiger partial charge in [0.25, 0.3) is 5.91 Å². The number of carbonyl (C=O) groups is 2. The van der Waals surface area contributed by atoms with E-state index in [-0.39, 0.29) is 6.54 Å². The van der Waals surface area contributed by atoms with E-state index in [0.717, 1.165) is 17.5 Å². The van der Waals surface area contributed by atoms with Crippen LogP contribution in [0.15, 0.2) is 47.5 Å². The lowest BCUT2D eigenvalue weighted by Gasteiger charge is -2.06. The molecule has 29 heavy (non-hydrogen) atoms. The molecular weight excluding hydrogens is 412 g/mol. The molecule has 2 aromatic carbocycles. The number of nitrogens with zero attached hydrogens (tertiary/aromatic N) is 2. The number of methoxy groups -OCH3 is 1. The minimum atomic E-state index is -0.454. The average Bonchev–Trinajstić information content (AvgIpc) is 3.06. The SMILES string of the molecule is CCCCOc1cccc(C(=O)N=c2sc3cccc(Cl)c3n2CC(=O)OC)c1. The summed E-state index contributed by atoms with van der Waals surface area (Å²) < 4.78 is 12.9. The smallest absolute Gasteiger partial charge is 0.325 e. The van der Waals surface area contributed by atoms with E-state index in [1.165, 1.54) is 18.4 Å². The number of aromatic nitrogens is 1. The van der Waals surface area contributed by atoms with Gasteiger partial charge in [0.2, 0.25) is 0 Å². The van der Waals surface area contributed by atoms with Crippen molar-refractivity contribution in [2.45, 2.75) is 26.3 Å². The summed E-state index contributed by atoms with van der Waals surface area (Å²) >= 11 is 7.61. The lowest BCUT2D eigenvalue weighted by Crippen LogP contribution is -2.22. The molecule has 0 aliphatic carbocycles. The predicted molar refractivity (Wildman–Crippen MR) is 114 cm³/mol.